The Morgan fingerprint density at radius 3 is 2.25 bits per heavy atom. The second-order valence-electron chi connectivity index (χ2n) is 5.23. The van der Waals surface area contributed by atoms with E-state index in [2.05, 4.69) is 24.1 Å². The zero-order valence-electron chi connectivity index (χ0n) is 11.3. The molecule has 0 aromatic carbocycles. The second-order valence-corrected chi connectivity index (χ2v) is 5.23. The van der Waals surface area contributed by atoms with E-state index in [0.29, 0.717) is 24.9 Å². The van der Waals surface area contributed by atoms with E-state index in [0.717, 1.165) is 6.42 Å². The summed E-state index contributed by atoms with van der Waals surface area (Å²) in [6.07, 6.45) is 1.49. The molecule has 0 saturated carbocycles. The van der Waals surface area contributed by atoms with Gasteiger partial charge < -0.3 is 16.0 Å². The van der Waals surface area contributed by atoms with Crippen LogP contribution in [0.4, 0.5) is 0 Å². The van der Waals surface area contributed by atoms with E-state index < -0.39 is 0 Å². The lowest BCUT2D eigenvalue weighted by atomic mass is 10.0. The second kappa shape index (κ2) is 7.63. The number of nitrogens with two attached hydrogens (primary N) is 1. The third-order valence-electron chi connectivity index (χ3n) is 2.52. The molecule has 0 fully saturated rings. The molecule has 16 heavy (non-hydrogen) atoms. The third kappa shape index (κ3) is 7.65. The molecule has 2 unspecified atom stereocenters. The van der Waals surface area contributed by atoms with Crippen LogP contribution in [0.3, 0.4) is 0 Å². The first-order chi connectivity index (χ1) is 7.32. The van der Waals surface area contributed by atoms with Crippen molar-refractivity contribution in [1.29, 1.82) is 0 Å². The lowest BCUT2D eigenvalue weighted by molar-refractivity contribution is -0.121. The van der Waals surface area contributed by atoms with Crippen molar-refractivity contribution in [3.05, 3.63) is 0 Å². The Kier molecular flexibility index (Phi) is 7.34. The van der Waals surface area contributed by atoms with Gasteiger partial charge in [-0.3, -0.25) is 4.79 Å². The molecule has 96 valence electrons. The molecule has 1 amide bonds. The van der Waals surface area contributed by atoms with E-state index in [4.69, 9.17) is 5.73 Å². The van der Waals surface area contributed by atoms with E-state index in [-0.39, 0.29) is 11.9 Å². The molecule has 3 N–H and O–H groups in total. The minimum absolute atomic E-state index is 0.0469. The van der Waals surface area contributed by atoms with E-state index >= 15 is 0 Å². The number of carbonyl (C=O) groups excluding carboxylic acids is 1. The summed E-state index contributed by atoms with van der Waals surface area (Å²) in [5.74, 6) is 0.684. The number of carbonyl (C=O) groups is 1. The van der Waals surface area contributed by atoms with Crippen molar-refractivity contribution in [2.24, 2.45) is 11.7 Å². The summed E-state index contributed by atoms with van der Waals surface area (Å²) in [5.41, 5.74) is 5.57. The van der Waals surface area contributed by atoms with Crippen molar-refractivity contribution in [3.8, 4) is 0 Å². The third-order valence-corrected chi connectivity index (χ3v) is 2.52. The number of hydrogen-bond donors (Lipinski definition) is 2. The first-order valence-corrected chi connectivity index (χ1v) is 6.01. The number of rotatable bonds is 7. The fourth-order valence-electron chi connectivity index (χ4n) is 1.62. The van der Waals surface area contributed by atoms with Gasteiger partial charge in [-0.15, -0.1) is 0 Å². The first-order valence-electron chi connectivity index (χ1n) is 6.01. The van der Waals surface area contributed by atoms with Crippen LogP contribution < -0.4 is 11.1 Å². The molecule has 4 nitrogen and oxygen atoms in total. The Hall–Kier alpha value is -0.610. The molecule has 0 aliphatic rings. The van der Waals surface area contributed by atoms with E-state index in [1.807, 2.05) is 21.0 Å². The number of nitrogens with one attached hydrogen (secondary N) is 1. The Morgan fingerprint density at radius 1 is 1.31 bits per heavy atom. The predicted octanol–water partition coefficient (Wildman–Crippen LogP) is 0.816. The Bertz CT molecular complexity index is 202. The molecule has 0 radical (unpaired) electrons. The van der Waals surface area contributed by atoms with Crippen molar-refractivity contribution in [3.63, 3.8) is 0 Å². The lowest BCUT2D eigenvalue weighted by Crippen LogP contribution is -2.42. The molecule has 0 heterocycles. The van der Waals surface area contributed by atoms with Crippen LogP contribution in [-0.2, 0) is 4.79 Å². The van der Waals surface area contributed by atoms with Crippen molar-refractivity contribution in [1.82, 2.24) is 10.2 Å². The quantitative estimate of drug-likeness (QED) is 0.679. The molecule has 0 aliphatic heterocycles. The summed E-state index contributed by atoms with van der Waals surface area (Å²) in [4.78, 5) is 13.6. The number of likely N-dealkylation sites (N-methyl/N-ethyl adjacent to an activating group) is 1. The van der Waals surface area contributed by atoms with Crippen LogP contribution in [0.15, 0.2) is 0 Å². The van der Waals surface area contributed by atoms with Gasteiger partial charge in [0.05, 0.1) is 0 Å². The van der Waals surface area contributed by atoms with Gasteiger partial charge in [0.1, 0.15) is 0 Å². The van der Waals surface area contributed by atoms with Crippen molar-refractivity contribution >= 4 is 5.91 Å². The van der Waals surface area contributed by atoms with Crippen molar-refractivity contribution < 1.29 is 4.79 Å². The first kappa shape index (κ1) is 15.4. The van der Waals surface area contributed by atoms with E-state index in [1.165, 1.54) is 0 Å². The highest BCUT2D eigenvalue weighted by Crippen LogP contribution is 2.08. The highest BCUT2D eigenvalue weighted by atomic mass is 16.1. The molecule has 0 aliphatic carbocycles. The van der Waals surface area contributed by atoms with Crippen molar-refractivity contribution in [2.45, 2.75) is 45.7 Å². The summed E-state index contributed by atoms with van der Waals surface area (Å²) in [5, 5.41) is 2.94. The minimum Gasteiger partial charge on any atom is -0.354 e. The van der Waals surface area contributed by atoms with Gasteiger partial charge in [0.25, 0.3) is 0 Å². The van der Waals surface area contributed by atoms with Crippen LogP contribution in [-0.4, -0.2) is 43.5 Å². The largest absolute Gasteiger partial charge is 0.354 e. The highest BCUT2D eigenvalue weighted by Gasteiger charge is 2.14. The summed E-state index contributed by atoms with van der Waals surface area (Å²) >= 11 is 0. The maximum Gasteiger partial charge on any atom is 0.221 e. The normalized spacial score (nSPS) is 15.2. The average Bonchev–Trinajstić information content (AvgIpc) is 2.09. The standard InChI is InChI=1S/C12H27N3O/c1-9(2)6-11(15(4)5)8-14-12(16)7-10(3)13/h9-11H,6-8,13H2,1-5H3,(H,14,16). The smallest absolute Gasteiger partial charge is 0.221 e. The van der Waals surface area contributed by atoms with Crippen LogP contribution in [0.2, 0.25) is 0 Å². The van der Waals surface area contributed by atoms with Gasteiger partial charge >= 0.3 is 0 Å². The lowest BCUT2D eigenvalue weighted by Gasteiger charge is -2.26. The number of nitrogens with zero attached hydrogens (tertiary/aromatic N) is 1. The fourth-order valence-corrected chi connectivity index (χ4v) is 1.62. The molecule has 0 aromatic rings. The van der Waals surface area contributed by atoms with Crippen LogP contribution in [0.25, 0.3) is 0 Å². The molecular formula is C12H27N3O. The summed E-state index contributed by atoms with van der Waals surface area (Å²) in [6.45, 7) is 6.94. The van der Waals surface area contributed by atoms with Gasteiger partial charge in [0, 0.05) is 25.0 Å². The predicted molar refractivity (Wildman–Crippen MR) is 68.2 cm³/mol. The maximum atomic E-state index is 11.5. The summed E-state index contributed by atoms with van der Waals surface area (Å²) in [6, 6.07) is 0.333. The van der Waals surface area contributed by atoms with Crippen molar-refractivity contribution in [2.75, 3.05) is 20.6 Å². The van der Waals surface area contributed by atoms with Gasteiger partial charge in [-0.1, -0.05) is 13.8 Å². The Labute approximate surface area is 99.6 Å². The van der Waals surface area contributed by atoms with E-state index in [1.54, 1.807) is 0 Å². The summed E-state index contributed by atoms with van der Waals surface area (Å²) in [7, 11) is 4.09. The Morgan fingerprint density at radius 2 is 1.88 bits per heavy atom. The molecule has 0 aromatic heterocycles. The molecule has 2 atom stereocenters. The monoisotopic (exact) mass is 229 g/mol. The molecule has 0 saturated heterocycles. The molecule has 0 rings (SSSR count). The fraction of sp³-hybridized carbons (Fsp3) is 0.917. The molecular weight excluding hydrogens is 202 g/mol. The highest BCUT2D eigenvalue weighted by molar-refractivity contribution is 5.76. The number of hydrogen-bond acceptors (Lipinski definition) is 3. The van der Waals surface area contributed by atoms with Crippen LogP contribution in [0, 0.1) is 5.92 Å². The topological polar surface area (TPSA) is 58.4 Å². The van der Waals surface area contributed by atoms with E-state index in [9.17, 15) is 4.79 Å². The number of amides is 1. The zero-order valence-corrected chi connectivity index (χ0v) is 11.3. The zero-order chi connectivity index (χ0) is 12.7. The average molecular weight is 229 g/mol. The summed E-state index contributed by atoms with van der Waals surface area (Å²) < 4.78 is 0. The van der Waals surface area contributed by atoms with Gasteiger partial charge in [0.2, 0.25) is 5.91 Å². The van der Waals surface area contributed by atoms with Gasteiger partial charge in [-0.05, 0) is 33.4 Å². The molecule has 4 heteroatoms. The molecule has 0 spiro atoms. The van der Waals surface area contributed by atoms with Crippen LogP contribution in [0.5, 0.6) is 0 Å². The van der Waals surface area contributed by atoms with Gasteiger partial charge in [-0.25, -0.2) is 0 Å². The minimum atomic E-state index is -0.0668. The Balaban J connectivity index is 3.97. The SMILES string of the molecule is CC(C)CC(CNC(=O)CC(C)N)N(C)C. The van der Waals surface area contributed by atoms with Crippen LogP contribution >= 0.6 is 0 Å². The van der Waals surface area contributed by atoms with Gasteiger partial charge in [-0.2, -0.15) is 0 Å². The van der Waals surface area contributed by atoms with Gasteiger partial charge in [0.15, 0.2) is 0 Å². The van der Waals surface area contributed by atoms with Crippen LogP contribution in [0.1, 0.15) is 33.6 Å². The maximum absolute atomic E-state index is 11.5. The molecule has 0 bridgehead atoms.